The maximum Gasteiger partial charge on any atom is 0.0707 e. The highest BCUT2D eigenvalue weighted by atomic mass is 16.5. The van der Waals surface area contributed by atoms with E-state index in [9.17, 15) is 0 Å². The fourth-order valence-corrected chi connectivity index (χ4v) is 2.51. The Kier molecular flexibility index (Phi) is 6.24. The Morgan fingerprint density at radius 3 is 2.25 bits per heavy atom. The number of hydrogen-bond donors (Lipinski definition) is 1. The van der Waals surface area contributed by atoms with Gasteiger partial charge in [-0.15, -0.1) is 6.58 Å². The minimum atomic E-state index is 0.166. The average Bonchev–Trinajstić information content (AvgIpc) is 2.71. The molecule has 1 rings (SSSR count). The molecule has 1 saturated heterocycles. The number of rotatable bonds is 6. The van der Waals surface area contributed by atoms with Crippen LogP contribution >= 0.6 is 0 Å². The van der Waals surface area contributed by atoms with Crippen LogP contribution in [-0.2, 0) is 4.74 Å². The van der Waals surface area contributed by atoms with E-state index in [2.05, 4.69) is 58.3 Å². The Hall–Kier alpha value is -0.380. The minimum Gasteiger partial charge on any atom is -0.372 e. The zero-order valence-electron chi connectivity index (χ0n) is 14.3. The van der Waals surface area contributed by atoms with Crippen LogP contribution in [0.2, 0.25) is 0 Å². The van der Waals surface area contributed by atoms with Gasteiger partial charge in [0.05, 0.1) is 12.2 Å². The second-order valence-electron chi connectivity index (χ2n) is 7.95. The first kappa shape index (κ1) is 17.7. The Bertz CT molecular complexity index is 301. The highest BCUT2D eigenvalue weighted by Crippen LogP contribution is 2.23. The van der Waals surface area contributed by atoms with Gasteiger partial charge in [0, 0.05) is 30.7 Å². The second-order valence-corrected chi connectivity index (χ2v) is 7.95. The summed E-state index contributed by atoms with van der Waals surface area (Å²) in [4.78, 5) is 2.45. The van der Waals surface area contributed by atoms with Crippen LogP contribution in [0.15, 0.2) is 12.7 Å². The average molecular weight is 282 g/mol. The molecular weight excluding hydrogens is 248 g/mol. The maximum absolute atomic E-state index is 6.19. The topological polar surface area (TPSA) is 24.5 Å². The first-order chi connectivity index (χ1) is 9.12. The summed E-state index contributed by atoms with van der Waals surface area (Å²) >= 11 is 0. The Labute approximate surface area is 125 Å². The third-order valence-electron chi connectivity index (χ3n) is 3.78. The maximum atomic E-state index is 6.19. The van der Waals surface area contributed by atoms with E-state index in [-0.39, 0.29) is 11.1 Å². The molecule has 0 saturated carbocycles. The first-order valence-corrected chi connectivity index (χ1v) is 7.88. The van der Waals surface area contributed by atoms with Gasteiger partial charge in [0.2, 0.25) is 0 Å². The van der Waals surface area contributed by atoms with Crippen LogP contribution < -0.4 is 5.32 Å². The van der Waals surface area contributed by atoms with Gasteiger partial charge in [-0.3, -0.25) is 4.90 Å². The molecule has 0 spiro atoms. The monoisotopic (exact) mass is 282 g/mol. The molecule has 0 radical (unpaired) electrons. The largest absolute Gasteiger partial charge is 0.372 e. The number of hydrogen-bond acceptors (Lipinski definition) is 3. The van der Waals surface area contributed by atoms with E-state index in [1.165, 1.54) is 12.8 Å². The van der Waals surface area contributed by atoms with E-state index in [0.717, 1.165) is 19.6 Å². The lowest BCUT2D eigenvalue weighted by atomic mass is 10.0. The van der Waals surface area contributed by atoms with Gasteiger partial charge in [-0.25, -0.2) is 0 Å². The molecular formula is C17H34N2O. The molecule has 1 aliphatic heterocycles. The van der Waals surface area contributed by atoms with Crippen molar-refractivity contribution >= 4 is 0 Å². The molecule has 0 aliphatic carbocycles. The summed E-state index contributed by atoms with van der Waals surface area (Å²) in [5.74, 6) is 0. The van der Waals surface area contributed by atoms with Crippen LogP contribution in [0, 0.1) is 0 Å². The van der Waals surface area contributed by atoms with Crippen LogP contribution in [-0.4, -0.2) is 47.8 Å². The molecule has 1 heterocycles. The molecule has 20 heavy (non-hydrogen) atoms. The Morgan fingerprint density at radius 1 is 1.15 bits per heavy atom. The molecule has 0 aromatic heterocycles. The first-order valence-electron chi connectivity index (χ1n) is 7.88. The molecule has 3 nitrogen and oxygen atoms in total. The summed E-state index contributed by atoms with van der Waals surface area (Å²) in [5.41, 5.74) is 0.334. The summed E-state index contributed by atoms with van der Waals surface area (Å²) in [6, 6.07) is 0. The van der Waals surface area contributed by atoms with Gasteiger partial charge in [0.25, 0.3) is 0 Å². The van der Waals surface area contributed by atoms with Gasteiger partial charge in [-0.1, -0.05) is 6.08 Å². The lowest BCUT2D eigenvalue weighted by Crippen LogP contribution is -2.46. The summed E-state index contributed by atoms with van der Waals surface area (Å²) in [6.07, 6.45) is 5.05. The predicted octanol–water partition coefficient (Wildman–Crippen LogP) is 3.21. The van der Waals surface area contributed by atoms with E-state index in [1.54, 1.807) is 0 Å². The molecule has 0 aromatic rings. The van der Waals surface area contributed by atoms with Crippen molar-refractivity contribution in [2.75, 3.05) is 19.6 Å². The number of ether oxygens (including phenoxy) is 1. The molecule has 0 aromatic carbocycles. The Balaban J connectivity index is 2.41. The van der Waals surface area contributed by atoms with Crippen molar-refractivity contribution in [2.24, 2.45) is 0 Å². The second kappa shape index (κ2) is 7.06. The van der Waals surface area contributed by atoms with Gasteiger partial charge >= 0.3 is 0 Å². The van der Waals surface area contributed by atoms with Crippen LogP contribution in [0.1, 0.15) is 54.4 Å². The van der Waals surface area contributed by atoms with Crippen molar-refractivity contribution < 1.29 is 4.74 Å². The van der Waals surface area contributed by atoms with Gasteiger partial charge < -0.3 is 10.1 Å². The van der Waals surface area contributed by atoms with Crippen molar-refractivity contribution in [3.05, 3.63) is 12.7 Å². The van der Waals surface area contributed by atoms with Crippen molar-refractivity contribution in [1.82, 2.24) is 10.2 Å². The van der Waals surface area contributed by atoms with Crippen LogP contribution in [0.25, 0.3) is 0 Å². The lowest BCUT2D eigenvalue weighted by Gasteiger charge is -2.36. The zero-order valence-corrected chi connectivity index (χ0v) is 14.3. The van der Waals surface area contributed by atoms with Crippen LogP contribution in [0.3, 0.4) is 0 Å². The fraction of sp³-hybridized carbons (Fsp3) is 0.882. The highest BCUT2D eigenvalue weighted by molar-refractivity contribution is 4.87. The van der Waals surface area contributed by atoms with Crippen molar-refractivity contribution in [3.8, 4) is 0 Å². The van der Waals surface area contributed by atoms with Crippen molar-refractivity contribution in [3.63, 3.8) is 0 Å². The molecule has 2 unspecified atom stereocenters. The lowest BCUT2D eigenvalue weighted by molar-refractivity contribution is 0.00503. The van der Waals surface area contributed by atoms with Gasteiger partial charge in [-0.2, -0.15) is 0 Å². The molecule has 0 amide bonds. The summed E-state index contributed by atoms with van der Waals surface area (Å²) in [6.45, 7) is 20.1. The van der Waals surface area contributed by atoms with E-state index < -0.39 is 0 Å². The third-order valence-corrected chi connectivity index (χ3v) is 3.78. The SMILES string of the molecule is C=CCN(CC1CCC(CNC(C)(C)C)O1)C(C)(C)C. The van der Waals surface area contributed by atoms with E-state index in [0.29, 0.717) is 12.2 Å². The zero-order chi connectivity index (χ0) is 15.4. The molecule has 118 valence electrons. The predicted molar refractivity (Wildman–Crippen MR) is 87.2 cm³/mol. The van der Waals surface area contributed by atoms with E-state index >= 15 is 0 Å². The number of nitrogens with one attached hydrogen (secondary N) is 1. The minimum absolute atomic E-state index is 0.166. The van der Waals surface area contributed by atoms with Gasteiger partial charge in [0.15, 0.2) is 0 Å². The molecule has 0 bridgehead atoms. The molecule has 2 atom stereocenters. The van der Waals surface area contributed by atoms with E-state index in [4.69, 9.17) is 4.74 Å². The van der Waals surface area contributed by atoms with E-state index in [1.807, 2.05) is 6.08 Å². The highest BCUT2D eigenvalue weighted by Gasteiger charge is 2.30. The summed E-state index contributed by atoms with van der Waals surface area (Å²) < 4.78 is 6.19. The summed E-state index contributed by atoms with van der Waals surface area (Å²) in [5, 5.41) is 3.54. The summed E-state index contributed by atoms with van der Waals surface area (Å²) in [7, 11) is 0. The molecule has 1 N–H and O–H groups in total. The molecule has 3 heteroatoms. The smallest absolute Gasteiger partial charge is 0.0707 e. The molecule has 1 fully saturated rings. The molecule has 1 aliphatic rings. The quantitative estimate of drug-likeness (QED) is 0.757. The van der Waals surface area contributed by atoms with Gasteiger partial charge in [0.1, 0.15) is 0 Å². The van der Waals surface area contributed by atoms with Crippen molar-refractivity contribution in [1.29, 1.82) is 0 Å². The van der Waals surface area contributed by atoms with Gasteiger partial charge in [-0.05, 0) is 54.4 Å². The van der Waals surface area contributed by atoms with Crippen LogP contribution in [0.4, 0.5) is 0 Å². The fourth-order valence-electron chi connectivity index (χ4n) is 2.51. The third kappa shape index (κ3) is 6.38. The Morgan fingerprint density at radius 2 is 1.75 bits per heavy atom. The van der Waals surface area contributed by atoms with Crippen molar-refractivity contribution in [2.45, 2.75) is 77.7 Å². The normalized spacial score (nSPS) is 24.4. The van der Waals surface area contributed by atoms with Crippen LogP contribution in [0.5, 0.6) is 0 Å². The number of nitrogens with zero attached hydrogens (tertiary/aromatic N) is 1. The standard InChI is InChI=1S/C17H34N2O/c1-8-11-19(17(5,6)7)13-15-10-9-14(20-15)12-18-16(2,3)4/h8,14-15,18H,1,9-13H2,2-7H3.